The Kier molecular flexibility index (Phi) is 4.74. The molecule has 1 aromatic heterocycles. The first kappa shape index (κ1) is 17.2. The molecule has 1 amide bonds. The van der Waals surface area contributed by atoms with Gasteiger partial charge in [0.05, 0.1) is 24.0 Å². The van der Waals surface area contributed by atoms with Gasteiger partial charge in [0.25, 0.3) is 5.91 Å². The highest BCUT2D eigenvalue weighted by Gasteiger charge is 2.29. The molecule has 1 saturated heterocycles. The van der Waals surface area contributed by atoms with E-state index in [4.69, 9.17) is 0 Å². The number of nitrogens with one attached hydrogen (secondary N) is 2. The van der Waals surface area contributed by atoms with E-state index in [1.807, 2.05) is 19.1 Å². The fourth-order valence-corrected chi connectivity index (χ4v) is 4.95. The number of quaternary nitrogens is 1. The van der Waals surface area contributed by atoms with Crippen molar-refractivity contribution in [1.29, 1.82) is 0 Å². The van der Waals surface area contributed by atoms with Gasteiger partial charge in [0.15, 0.2) is 0 Å². The lowest BCUT2D eigenvalue weighted by molar-refractivity contribution is -0.901. The number of carbonyl (C=O) groups is 1. The van der Waals surface area contributed by atoms with E-state index in [-0.39, 0.29) is 17.8 Å². The summed E-state index contributed by atoms with van der Waals surface area (Å²) in [5.74, 6) is -0.330. The lowest BCUT2D eigenvalue weighted by Crippen LogP contribution is -3.09. The molecular weight excluding hydrogens is 347 g/mol. The van der Waals surface area contributed by atoms with Gasteiger partial charge in [0.2, 0.25) is 0 Å². The number of amides is 1. The zero-order chi connectivity index (χ0) is 18.1. The topological polar surface area (TPSA) is 33.5 Å². The smallest absolute Gasteiger partial charge is 0.262 e. The van der Waals surface area contributed by atoms with Crippen molar-refractivity contribution in [3.05, 3.63) is 70.4 Å². The minimum atomic E-state index is -0.255. The van der Waals surface area contributed by atoms with E-state index < -0.39 is 0 Å². The first-order valence-corrected chi connectivity index (χ1v) is 9.79. The highest BCUT2D eigenvalue weighted by atomic mass is 32.1. The second kappa shape index (κ2) is 7.17. The molecule has 0 radical (unpaired) electrons. The van der Waals surface area contributed by atoms with Crippen LogP contribution >= 0.6 is 11.3 Å². The van der Waals surface area contributed by atoms with Crippen molar-refractivity contribution >= 4 is 27.3 Å². The van der Waals surface area contributed by atoms with Crippen LogP contribution in [-0.2, 0) is 6.54 Å². The van der Waals surface area contributed by atoms with Crippen molar-refractivity contribution in [1.82, 2.24) is 5.32 Å². The normalized spacial score (nSPS) is 19.8. The zero-order valence-corrected chi connectivity index (χ0v) is 15.5. The number of hydrogen-bond donors (Lipinski definition) is 2. The van der Waals surface area contributed by atoms with E-state index in [1.165, 1.54) is 27.9 Å². The largest absolute Gasteiger partial charge is 0.343 e. The zero-order valence-electron chi connectivity index (χ0n) is 14.7. The Labute approximate surface area is 156 Å². The molecule has 0 aliphatic carbocycles. The highest BCUT2D eigenvalue weighted by molar-refractivity contribution is 7.21. The van der Waals surface area contributed by atoms with Crippen LogP contribution in [0.15, 0.2) is 48.5 Å². The van der Waals surface area contributed by atoms with Gasteiger partial charge >= 0.3 is 0 Å². The van der Waals surface area contributed by atoms with Crippen LogP contribution in [0.25, 0.3) is 10.1 Å². The lowest BCUT2D eigenvalue weighted by atomic mass is 10.1. The molecule has 2 atom stereocenters. The quantitative estimate of drug-likeness (QED) is 0.728. The van der Waals surface area contributed by atoms with Crippen LogP contribution in [-0.4, -0.2) is 25.0 Å². The molecule has 3 nitrogen and oxygen atoms in total. The van der Waals surface area contributed by atoms with Gasteiger partial charge in [-0.25, -0.2) is 4.39 Å². The maximum absolute atomic E-state index is 14.1. The third kappa shape index (κ3) is 3.37. The average molecular weight is 369 g/mol. The van der Waals surface area contributed by atoms with Crippen LogP contribution in [0.2, 0.25) is 0 Å². The number of carbonyl (C=O) groups excluding carboxylic acids is 1. The number of benzene rings is 2. The van der Waals surface area contributed by atoms with E-state index in [2.05, 4.69) is 29.6 Å². The van der Waals surface area contributed by atoms with Gasteiger partial charge in [-0.05, 0) is 24.6 Å². The monoisotopic (exact) mass is 369 g/mol. The molecule has 1 unspecified atom stereocenters. The summed E-state index contributed by atoms with van der Waals surface area (Å²) in [6.45, 7) is 4.80. The predicted molar refractivity (Wildman–Crippen MR) is 103 cm³/mol. The van der Waals surface area contributed by atoms with Crippen LogP contribution in [0.3, 0.4) is 0 Å². The van der Waals surface area contributed by atoms with Crippen molar-refractivity contribution in [2.75, 3.05) is 13.1 Å². The summed E-state index contributed by atoms with van der Waals surface area (Å²) in [5.41, 5.74) is 2.07. The van der Waals surface area contributed by atoms with E-state index in [0.717, 1.165) is 36.3 Å². The molecule has 0 spiro atoms. The maximum Gasteiger partial charge on any atom is 0.262 e. The summed E-state index contributed by atoms with van der Waals surface area (Å²) in [7, 11) is 0. The van der Waals surface area contributed by atoms with Crippen molar-refractivity contribution in [2.45, 2.75) is 25.9 Å². The summed E-state index contributed by atoms with van der Waals surface area (Å²) >= 11 is 1.37. The molecule has 1 aliphatic heterocycles. The Hall–Kier alpha value is -2.24. The number of fused-ring (bicyclic) bond motifs is 1. The summed E-state index contributed by atoms with van der Waals surface area (Å²) in [4.78, 5) is 14.8. The number of aryl methyl sites for hydroxylation is 1. The van der Waals surface area contributed by atoms with Crippen molar-refractivity contribution < 1.29 is 14.1 Å². The first-order valence-electron chi connectivity index (χ1n) is 8.98. The maximum atomic E-state index is 14.1. The molecule has 0 saturated carbocycles. The van der Waals surface area contributed by atoms with Gasteiger partial charge in [-0.15, -0.1) is 11.3 Å². The highest BCUT2D eigenvalue weighted by Crippen LogP contribution is 2.32. The van der Waals surface area contributed by atoms with E-state index in [1.54, 1.807) is 6.07 Å². The lowest BCUT2D eigenvalue weighted by Gasteiger charge is -2.14. The van der Waals surface area contributed by atoms with Gasteiger partial charge in [-0.1, -0.05) is 36.4 Å². The molecule has 2 heterocycles. The molecule has 2 aromatic carbocycles. The van der Waals surface area contributed by atoms with E-state index >= 15 is 0 Å². The van der Waals surface area contributed by atoms with Crippen molar-refractivity contribution in [3.8, 4) is 0 Å². The molecular formula is C21H22FN2OS+. The first-order chi connectivity index (χ1) is 12.6. The average Bonchev–Trinajstić information content (AvgIpc) is 3.21. The van der Waals surface area contributed by atoms with Gasteiger partial charge in [-0.3, -0.25) is 4.79 Å². The molecule has 2 N–H and O–H groups in total. The fraction of sp³-hybridized carbons (Fsp3) is 0.286. The van der Waals surface area contributed by atoms with Gasteiger partial charge < -0.3 is 10.2 Å². The summed E-state index contributed by atoms with van der Waals surface area (Å²) in [6.07, 6.45) is 0.978. The SMILES string of the molecule is Cc1c(C(=O)N[C@@H]2CC[NH+](Cc3ccccc3)C2)sc2cccc(F)c12. The second-order valence-electron chi connectivity index (χ2n) is 6.99. The number of thiophene rings is 1. The van der Waals surface area contributed by atoms with Crippen LogP contribution in [0.5, 0.6) is 0 Å². The Morgan fingerprint density at radius 2 is 2.04 bits per heavy atom. The molecule has 5 heteroatoms. The third-order valence-corrected chi connectivity index (χ3v) is 6.38. The summed E-state index contributed by atoms with van der Waals surface area (Å²) in [6, 6.07) is 15.6. The Bertz CT molecular complexity index is 938. The van der Waals surface area contributed by atoms with Gasteiger partial charge in [0, 0.05) is 22.1 Å². The Morgan fingerprint density at radius 3 is 2.81 bits per heavy atom. The number of hydrogen-bond acceptors (Lipinski definition) is 2. The summed E-state index contributed by atoms with van der Waals surface area (Å²) in [5, 5.41) is 3.73. The molecule has 134 valence electrons. The van der Waals surface area contributed by atoms with Crippen LogP contribution in [0, 0.1) is 12.7 Å². The molecule has 1 aliphatic rings. The van der Waals surface area contributed by atoms with E-state index in [9.17, 15) is 9.18 Å². The fourth-order valence-electron chi connectivity index (χ4n) is 3.82. The molecule has 3 aromatic rings. The molecule has 0 bridgehead atoms. The van der Waals surface area contributed by atoms with Crippen molar-refractivity contribution in [3.63, 3.8) is 0 Å². The second-order valence-corrected chi connectivity index (χ2v) is 8.05. The standard InChI is InChI=1S/C21H21FN2OS/c1-14-19-17(22)8-5-9-18(19)26-20(14)21(25)23-16-10-11-24(13-16)12-15-6-3-2-4-7-15/h2-9,16H,10-13H2,1H3,(H,23,25)/p+1/t16-/m1/s1. The molecule has 26 heavy (non-hydrogen) atoms. The minimum Gasteiger partial charge on any atom is -0.343 e. The van der Waals surface area contributed by atoms with Gasteiger partial charge in [-0.2, -0.15) is 0 Å². The molecule has 4 rings (SSSR count). The number of halogens is 1. The molecule has 1 fully saturated rings. The van der Waals surface area contributed by atoms with Gasteiger partial charge in [0.1, 0.15) is 12.4 Å². The van der Waals surface area contributed by atoms with Crippen molar-refractivity contribution in [2.24, 2.45) is 0 Å². The van der Waals surface area contributed by atoms with Crippen LogP contribution < -0.4 is 10.2 Å². The predicted octanol–water partition coefficient (Wildman–Crippen LogP) is 2.94. The summed E-state index contributed by atoms with van der Waals surface area (Å²) < 4.78 is 14.9. The number of likely N-dealkylation sites (tertiary alicyclic amines) is 1. The minimum absolute atomic E-state index is 0.0749. The Balaban J connectivity index is 1.43. The van der Waals surface area contributed by atoms with Crippen LogP contribution in [0.1, 0.15) is 27.2 Å². The Morgan fingerprint density at radius 1 is 1.23 bits per heavy atom. The van der Waals surface area contributed by atoms with E-state index in [0.29, 0.717) is 10.3 Å². The van der Waals surface area contributed by atoms with Crippen LogP contribution in [0.4, 0.5) is 4.39 Å². The number of rotatable bonds is 4. The third-order valence-electron chi connectivity index (χ3n) is 5.12.